The third-order valence-electron chi connectivity index (χ3n) is 5.45. The molecule has 1 fully saturated rings. The summed E-state index contributed by atoms with van der Waals surface area (Å²) in [7, 11) is 1.23. The van der Waals surface area contributed by atoms with E-state index in [1.54, 1.807) is 4.90 Å². The van der Waals surface area contributed by atoms with Crippen molar-refractivity contribution in [3.05, 3.63) is 38.7 Å². The van der Waals surface area contributed by atoms with Gasteiger partial charge in [0.1, 0.15) is 17.9 Å². The maximum atomic E-state index is 12.9. The van der Waals surface area contributed by atoms with E-state index in [4.69, 9.17) is 0 Å². The monoisotopic (exact) mass is 412 g/mol. The van der Waals surface area contributed by atoms with Crippen molar-refractivity contribution in [2.45, 2.75) is 57.8 Å². The van der Waals surface area contributed by atoms with Crippen molar-refractivity contribution in [2.24, 2.45) is 7.05 Å². The summed E-state index contributed by atoms with van der Waals surface area (Å²) in [5.41, 5.74) is -3.25. The Morgan fingerprint density at radius 2 is 1.86 bits per heavy atom. The first-order valence-corrected chi connectivity index (χ1v) is 9.62. The van der Waals surface area contributed by atoms with E-state index < -0.39 is 29.7 Å². The molecular weight excluding hydrogens is 389 g/mol. The number of fused-ring (bicyclic) bond motifs is 1. The molecule has 0 bridgehead atoms. The molecule has 29 heavy (non-hydrogen) atoms. The van der Waals surface area contributed by atoms with Crippen LogP contribution in [-0.4, -0.2) is 37.5 Å². The van der Waals surface area contributed by atoms with Gasteiger partial charge in [-0.2, -0.15) is 13.2 Å². The number of nitrogens with zero attached hydrogens (tertiary/aromatic N) is 4. The van der Waals surface area contributed by atoms with E-state index in [0.717, 1.165) is 47.3 Å². The lowest BCUT2D eigenvalue weighted by Crippen LogP contribution is -2.47. The van der Waals surface area contributed by atoms with Crippen molar-refractivity contribution >= 4 is 16.9 Å². The molecule has 7 nitrogen and oxygen atoms in total. The minimum Gasteiger partial charge on any atom is -0.338 e. The number of aromatic nitrogens is 3. The number of rotatable bonds is 4. The van der Waals surface area contributed by atoms with E-state index in [0.29, 0.717) is 12.6 Å². The number of carbonyl (C=O) groups excluding carboxylic acids is 1. The summed E-state index contributed by atoms with van der Waals surface area (Å²) in [4.78, 5) is 43.3. The molecule has 0 atom stereocenters. The molecule has 0 unspecified atom stereocenters. The van der Waals surface area contributed by atoms with Crippen LogP contribution in [0, 0.1) is 0 Å². The Balaban J connectivity index is 2.00. The molecule has 0 saturated heterocycles. The lowest BCUT2D eigenvalue weighted by molar-refractivity contribution is -0.141. The fourth-order valence-corrected chi connectivity index (χ4v) is 3.93. The van der Waals surface area contributed by atoms with Gasteiger partial charge in [0.25, 0.3) is 5.56 Å². The van der Waals surface area contributed by atoms with Gasteiger partial charge in [0.05, 0.1) is 5.39 Å². The Hall–Kier alpha value is -2.65. The topological polar surface area (TPSA) is 77.2 Å². The average molecular weight is 412 g/mol. The number of hydrogen-bond acceptors (Lipinski definition) is 4. The zero-order valence-electron chi connectivity index (χ0n) is 16.3. The number of hydrogen-bond donors (Lipinski definition) is 0. The SMILES string of the molecule is CCN(C(=O)Cn1c(=O)c2ccc(C(F)(F)F)nc2n(C)c1=O)C1CCCCC1. The Labute approximate surface area is 164 Å². The molecule has 158 valence electrons. The summed E-state index contributed by atoms with van der Waals surface area (Å²) >= 11 is 0. The third kappa shape index (κ3) is 4.06. The molecule has 1 amide bonds. The number of alkyl halides is 3. The van der Waals surface area contributed by atoms with Crippen molar-refractivity contribution < 1.29 is 18.0 Å². The Morgan fingerprint density at radius 1 is 1.21 bits per heavy atom. The molecule has 2 heterocycles. The second-order valence-corrected chi connectivity index (χ2v) is 7.27. The quantitative estimate of drug-likeness (QED) is 0.772. The van der Waals surface area contributed by atoms with Gasteiger partial charge in [-0.25, -0.2) is 9.78 Å². The van der Waals surface area contributed by atoms with Gasteiger partial charge in [0.2, 0.25) is 5.91 Å². The van der Waals surface area contributed by atoms with Crippen LogP contribution in [0.1, 0.15) is 44.7 Å². The molecule has 0 aromatic carbocycles. The second kappa shape index (κ2) is 8.00. The van der Waals surface area contributed by atoms with E-state index in [-0.39, 0.29) is 23.0 Å². The molecule has 3 rings (SSSR count). The zero-order chi connectivity index (χ0) is 21.3. The number of carbonyl (C=O) groups is 1. The number of likely N-dealkylation sites (N-methyl/N-ethyl adjacent to an activating group) is 1. The number of aryl methyl sites for hydroxylation is 1. The van der Waals surface area contributed by atoms with Crippen LogP contribution < -0.4 is 11.2 Å². The second-order valence-electron chi connectivity index (χ2n) is 7.27. The minimum absolute atomic E-state index is 0.0808. The molecule has 1 aliphatic carbocycles. The Kier molecular flexibility index (Phi) is 5.81. The number of amides is 1. The first kappa shape index (κ1) is 21.1. The van der Waals surface area contributed by atoms with E-state index >= 15 is 0 Å². The van der Waals surface area contributed by atoms with Gasteiger partial charge in [0, 0.05) is 19.6 Å². The van der Waals surface area contributed by atoms with Crippen LogP contribution in [0.15, 0.2) is 21.7 Å². The molecule has 10 heteroatoms. The largest absolute Gasteiger partial charge is 0.433 e. The van der Waals surface area contributed by atoms with Gasteiger partial charge in [-0.15, -0.1) is 0 Å². The van der Waals surface area contributed by atoms with Gasteiger partial charge in [-0.3, -0.25) is 18.7 Å². The fraction of sp³-hybridized carbons (Fsp3) is 0.579. The maximum absolute atomic E-state index is 12.9. The zero-order valence-corrected chi connectivity index (χ0v) is 16.3. The van der Waals surface area contributed by atoms with Gasteiger partial charge >= 0.3 is 11.9 Å². The van der Waals surface area contributed by atoms with Crippen molar-refractivity contribution in [1.29, 1.82) is 0 Å². The summed E-state index contributed by atoms with van der Waals surface area (Å²) in [5.74, 6) is -0.349. The van der Waals surface area contributed by atoms with Crippen LogP contribution in [-0.2, 0) is 24.6 Å². The predicted octanol–water partition coefficient (Wildman–Crippen LogP) is 2.30. The van der Waals surface area contributed by atoms with E-state index in [1.165, 1.54) is 7.05 Å². The molecule has 0 radical (unpaired) electrons. The van der Waals surface area contributed by atoms with Crippen molar-refractivity contribution in [1.82, 2.24) is 19.0 Å². The highest BCUT2D eigenvalue weighted by Gasteiger charge is 2.33. The summed E-state index contributed by atoms with van der Waals surface area (Å²) in [6.07, 6.45) is 0.248. The summed E-state index contributed by atoms with van der Waals surface area (Å²) < 4.78 is 40.4. The van der Waals surface area contributed by atoms with Crippen molar-refractivity contribution in [3.63, 3.8) is 0 Å². The Bertz CT molecular complexity index is 1040. The van der Waals surface area contributed by atoms with Crippen LogP contribution in [0.2, 0.25) is 0 Å². The first-order valence-electron chi connectivity index (χ1n) is 9.62. The summed E-state index contributed by atoms with van der Waals surface area (Å²) in [5, 5.41) is -0.145. The predicted molar refractivity (Wildman–Crippen MR) is 101 cm³/mol. The third-order valence-corrected chi connectivity index (χ3v) is 5.45. The molecule has 2 aromatic heterocycles. The highest BCUT2D eigenvalue weighted by Crippen LogP contribution is 2.28. The standard InChI is InChI=1S/C19H23F3N4O3/c1-3-25(12-7-5-4-6-8-12)15(27)11-26-17(28)13-9-10-14(19(20,21)22)23-16(13)24(2)18(26)29/h9-10,12H,3-8,11H2,1-2H3. The average Bonchev–Trinajstić information content (AvgIpc) is 2.70. The molecule has 1 saturated carbocycles. The smallest absolute Gasteiger partial charge is 0.338 e. The molecule has 0 aliphatic heterocycles. The van der Waals surface area contributed by atoms with Crippen LogP contribution in [0.25, 0.3) is 11.0 Å². The van der Waals surface area contributed by atoms with E-state index in [2.05, 4.69) is 4.98 Å². The highest BCUT2D eigenvalue weighted by atomic mass is 19.4. The summed E-state index contributed by atoms with van der Waals surface area (Å²) in [6.45, 7) is 1.85. The maximum Gasteiger partial charge on any atom is 0.433 e. The van der Waals surface area contributed by atoms with Crippen molar-refractivity contribution in [2.75, 3.05) is 6.54 Å². The Morgan fingerprint density at radius 3 is 2.45 bits per heavy atom. The first-order chi connectivity index (χ1) is 13.6. The van der Waals surface area contributed by atoms with Crippen LogP contribution in [0.3, 0.4) is 0 Å². The molecule has 0 N–H and O–H groups in total. The van der Waals surface area contributed by atoms with E-state index in [1.807, 2.05) is 6.92 Å². The molecular formula is C19H23F3N4O3. The molecule has 1 aliphatic rings. The molecule has 0 spiro atoms. The van der Waals surface area contributed by atoms with Gasteiger partial charge in [-0.05, 0) is 31.9 Å². The highest BCUT2D eigenvalue weighted by molar-refractivity contribution is 5.78. The van der Waals surface area contributed by atoms with Crippen LogP contribution in [0.5, 0.6) is 0 Å². The van der Waals surface area contributed by atoms with Crippen LogP contribution >= 0.6 is 0 Å². The minimum atomic E-state index is -4.70. The number of halogens is 3. The number of pyridine rings is 1. The lowest BCUT2D eigenvalue weighted by atomic mass is 9.94. The van der Waals surface area contributed by atoms with Gasteiger partial charge < -0.3 is 4.90 Å². The van der Waals surface area contributed by atoms with Crippen molar-refractivity contribution in [3.8, 4) is 0 Å². The van der Waals surface area contributed by atoms with Gasteiger partial charge in [0.15, 0.2) is 0 Å². The summed E-state index contributed by atoms with van der Waals surface area (Å²) in [6, 6.07) is 1.77. The normalized spacial score (nSPS) is 15.6. The van der Waals surface area contributed by atoms with Crippen LogP contribution in [0.4, 0.5) is 13.2 Å². The fourth-order valence-electron chi connectivity index (χ4n) is 3.93. The lowest BCUT2D eigenvalue weighted by Gasteiger charge is -2.33. The molecule has 2 aromatic rings. The van der Waals surface area contributed by atoms with Gasteiger partial charge in [-0.1, -0.05) is 19.3 Å². The van der Waals surface area contributed by atoms with E-state index in [9.17, 15) is 27.6 Å².